The Balaban J connectivity index is 1.68. The van der Waals surface area contributed by atoms with Gasteiger partial charge in [0.15, 0.2) is 0 Å². The van der Waals surface area contributed by atoms with E-state index >= 15 is 0 Å². The minimum atomic E-state index is -0.270. The van der Waals surface area contributed by atoms with Gasteiger partial charge < -0.3 is 10.6 Å². The van der Waals surface area contributed by atoms with E-state index in [9.17, 15) is 9.59 Å². The van der Waals surface area contributed by atoms with Crippen LogP contribution in [0.4, 0.5) is 0 Å². The van der Waals surface area contributed by atoms with E-state index in [0.717, 1.165) is 23.1 Å². The summed E-state index contributed by atoms with van der Waals surface area (Å²) in [6, 6.07) is 15.1. The maximum atomic E-state index is 12.1. The van der Waals surface area contributed by atoms with Gasteiger partial charge in [-0.05, 0) is 42.8 Å². The third kappa shape index (κ3) is 3.85. The quantitative estimate of drug-likeness (QED) is 0.725. The van der Waals surface area contributed by atoms with E-state index in [1.54, 1.807) is 18.5 Å². The Labute approximate surface area is 145 Å². The highest BCUT2D eigenvalue weighted by molar-refractivity contribution is 5.96. The van der Waals surface area contributed by atoms with Crippen LogP contribution in [-0.4, -0.2) is 34.5 Å². The third-order valence-electron chi connectivity index (χ3n) is 3.84. The second kappa shape index (κ2) is 7.61. The summed E-state index contributed by atoms with van der Waals surface area (Å²) in [6.45, 7) is 2.57. The molecule has 1 heterocycles. The van der Waals surface area contributed by atoms with Crippen molar-refractivity contribution in [2.75, 3.05) is 13.1 Å². The van der Waals surface area contributed by atoms with Gasteiger partial charge in [0.25, 0.3) is 5.91 Å². The number of nitrogens with one attached hydrogen (secondary N) is 2. The van der Waals surface area contributed by atoms with Gasteiger partial charge in [-0.25, -0.2) is 4.98 Å². The summed E-state index contributed by atoms with van der Waals surface area (Å²) in [6.07, 6.45) is 2.63. The number of rotatable bonds is 6. The molecule has 0 aliphatic carbocycles. The number of hydrogen-bond donors (Lipinski definition) is 2. The number of fused-ring (bicyclic) bond motifs is 1. The maximum Gasteiger partial charge on any atom is 0.251 e. The highest BCUT2D eigenvalue weighted by Crippen LogP contribution is 2.18. The first-order valence-corrected chi connectivity index (χ1v) is 8.26. The minimum Gasteiger partial charge on any atom is -0.355 e. The normalized spacial score (nSPS) is 10.6. The summed E-state index contributed by atoms with van der Waals surface area (Å²) in [7, 11) is 0. The van der Waals surface area contributed by atoms with Crippen molar-refractivity contribution in [1.82, 2.24) is 20.2 Å². The van der Waals surface area contributed by atoms with Crippen molar-refractivity contribution in [3.63, 3.8) is 0 Å². The highest BCUT2D eigenvalue weighted by atomic mass is 16.2. The van der Waals surface area contributed by atoms with Gasteiger partial charge in [0, 0.05) is 17.8 Å². The predicted octanol–water partition coefficient (Wildman–Crippen LogP) is 2.28. The lowest BCUT2D eigenvalue weighted by Crippen LogP contribution is -2.37. The Bertz CT molecular complexity index is 884. The Hall–Kier alpha value is -3.15. The lowest BCUT2D eigenvalue weighted by atomic mass is 10.2. The zero-order chi connectivity index (χ0) is 17.6. The molecule has 128 valence electrons. The summed E-state index contributed by atoms with van der Waals surface area (Å²) in [5.74, 6) is -0.453. The molecule has 0 aliphatic rings. The van der Waals surface area contributed by atoms with E-state index in [0.29, 0.717) is 12.1 Å². The van der Waals surface area contributed by atoms with E-state index in [1.165, 1.54) is 0 Å². The predicted molar refractivity (Wildman–Crippen MR) is 96.7 cm³/mol. The van der Waals surface area contributed by atoms with E-state index in [2.05, 4.69) is 15.6 Å². The number of carbonyl (C=O) groups excluding carboxylic acids is 2. The molecule has 25 heavy (non-hydrogen) atoms. The number of aromatic nitrogens is 2. The van der Waals surface area contributed by atoms with Crippen LogP contribution in [-0.2, 0) is 4.79 Å². The van der Waals surface area contributed by atoms with Crippen LogP contribution in [0, 0.1) is 0 Å². The average Bonchev–Trinajstić information content (AvgIpc) is 3.08. The van der Waals surface area contributed by atoms with Crippen LogP contribution in [0.1, 0.15) is 23.7 Å². The zero-order valence-electron chi connectivity index (χ0n) is 14.0. The number of carbonyl (C=O) groups is 2. The van der Waals surface area contributed by atoms with Gasteiger partial charge in [-0.3, -0.25) is 14.2 Å². The van der Waals surface area contributed by atoms with Gasteiger partial charge in [-0.2, -0.15) is 0 Å². The van der Waals surface area contributed by atoms with E-state index in [1.807, 2.05) is 47.9 Å². The van der Waals surface area contributed by atoms with Crippen molar-refractivity contribution in [3.8, 4) is 5.69 Å². The second-order valence-electron chi connectivity index (χ2n) is 5.68. The molecule has 2 N–H and O–H groups in total. The first-order chi connectivity index (χ1) is 12.2. The molecule has 3 aromatic rings. The lowest BCUT2D eigenvalue weighted by Gasteiger charge is -2.08. The van der Waals surface area contributed by atoms with Crippen molar-refractivity contribution in [2.45, 2.75) is 13.3 Å². The Kier molecular flexibility index (Phi) is 5.09. The van der Waals surface area contributed by atoms with Crippen LogP contribution in [0.2, 0.25) is 0 Å². The average molecular weight is 336 g/mol. The van der Waals surface area contributed by atoms with Gasteiger partial charge in [0.1, 0.15) is 6.33 Å². The molecule has 3 rings (SSSR count). The number of imidazole rings is 1. The molecule has 1 aromatic heterocycles. The van der Waals surface area contributed by atoms with E-state index < -0.39 is 0 Å². The number of amides is 2. The molecule has 2 amide bonds. The van der Waals surface area contributed by atoms with Crippen LogP contribution in [0.15, 0.2) is 54.9 Å². The zero-order valence-corrected chi connectivity index (χ0v) is 14.0. The first-order valence-electron chi connectivity index (χ1n) is 8.26. The van der Waals surface area contributed by atoms with E-state index in [-0.39, 0.29) is 18.4 Å². The fraction of sp³-hybridized carbons (Fsp3) is 0.211. The summed E-state index contributed by atoms with van der Waals surface area (Å²) in [5, 5.41) is 5.34. The van der Waals surface area contributed by atoms with E-state index in [4.69, 9.17) is 0 Å². The Morgan fingerprint density at radius 2 is 1.80 bits per heavy atom. The molecule has 2 aromatic carbocycles. The van der Waals surface area contributed by atoms with Gasteiger partial charge in [0.2, 0.25) is 5.91 Å². The molecule has 0 aliphatic heterocycles. The summed E-state index contributed by atoms with van der Waals surface area (Å²) in [4.78, 5) is 28.0. The molecule has 0 spiro atoms. The first kappa shape index (κ1) is 16.7. The number of benzene rings is 2. The lowest BCUT2D eigenvalue weighted by molar-refractivity contribution is -0.120. The Morgan fingerprint density at radius 3 is 2.56 bits per heavy atom. The number of para-hydroxylation sites is 2. The standard InChI is InChI=1S/C19H20N4O2/c1-2-11-20-18(24)12-21-19(25)14-7-9-15(10-8-14)23-13-22-16-5-3-4-6-17(16)23/h3-10,13H,2,11-12H2,1H3,(H,20,24)(H,21,25). The van der Waals surface area contributed by atoms with Crippen LogP contribution in [0.5, 0.6) is 0 Å². The fourth-order valence-corrected chi connectivity index (χ4v) is 2.53. The molecule has 0 radical (unpaired) electrons. The minimum absolute atomic E-state index is 0.0211. The Morgan fingerprint density at radius 1 is 1.04 bits per heavy atom. The van der Waals surface area contributed by atoms with Crippen LogP contribution >= 0.6 is 0 Å². The number of nitrogens with zero attached hydrogens (tertiary/aromatic N) is 2. The SMILES string of the molecule is CCCNC(=O)CNC(=O)c1ccc(-n2cnc3ccccc32)cc1. The molecule has 0 unspecified atom stereocenters. The largest absolute Gasteiger partial charge is 0.355 e. The second-order valence-corrected chi connectivity index (χ2v) is 5.68. The van der Waals surface area contributed by atoms with Gasteiger partial charge in [0.05, 0.1) is 17.6 Å². The molecule has 0 atom stereocenters. The fourth-order valence-electron chi connectivity index (χ4n) is 2.53. The molecule has 0 saturated heterocycles. The van der Waals surface area contributed by atoms with Gasteiger partial charge in [-0.15, -0.1) is 0 Å². The summed E-state index contributed by atoms with van der Waals surface area (Å²) >= 11 is 0. The van der Waals surface area contributed by atoms with Gasteiger partial charge in [-0.1, -0.05) is 19.1 Å². The molecule has 6 heteroatoms. The topological polar surface area (TPSA) is 76.0 Å². The third-order valence-corrected chi connectivity index (χ3v) is 3.84. The number of hydrogen-bond acceptors (Lipinski definition) is 3. The molecule has 6 nitrogen and oxygen atoms in total. The van der Waals surface area contributed by atoms with Crippen LogP contribution < -0.4 is 10.6 Å². The van der Waals surface area contributed by atoms with Crippen molar-refractivity contribution in [2.24, 2.45) is 0 Å². The molecule has 0 fully saturated rings. The molecular formula is C19H20N4O2. The molecular weight excluding hydrogens is 316 g/mol. The maximum absolute atomic E-state index is 12.1. The molecule has 0 bridgehead atoms. The smallest absolute Gasteiger partial charge is 0.251 e. The van der Waals surface area contributed by atoms with Crippen molar-refractivity contribution >= 4 is 22.8 Å². The van der Waals surface area contributed by atoms with Crippen LogP contribution in [0.25, 0.3) is 16.7 Å². The molecule has 0 saturated carbocycles. The van der Waals surface area contributed by atoms with Crippen LogP contribution in [0.3, 0.4) is 0 Å². The van der Waals surface area contributed by atoms with Gasteiger partial charge >= 0.3 is 0 Å². The van der Waals surface area contributed by atoms with Crippen molar-refractivity contribution in [3.05, 3.63) is 60.4 Å². The highest BCUT2D eigenvalue weighted by Gasteiger charge is 2.09. The summed E-state index contributed by atoms with van der Waals surface area (Å²) < 4.78 is 1.97. The van der Waals surface area contributed by atoms with Crippen molar-refractivity contribution < 1.29 is 9.59 Å². The summed E-state index contributed by atoms with van der Waals surface area (Å²) in [5.41, 5.74) is 3.36. The monoisotopic (exact) mass is 336 g/mol. The van der Waals surface area contributed by atoms with Crippen molar-refractivity contribution in [1.29, 1.82) is 0 Å².